The monoisotopic (exact) mass is 341 g/mol. The molecule has 130 valence electrons. The summed E-state index contributed by atoms with van der Waals surface area (Å²) in [7, 11) is 3.24. The molecule has 0 atom stereocenters. The van der Waals surface area contributed by atoms with Crippen LogP contribution in [0, 0.1) is 6.92 Å². The molecule has 0 aliphatic heterocycles. The third-order valence-electron chi connectivity index (χ3n) is 3.77. The van der Waals surface area contributed by atoms with Gasteiger partial charge in [0.1, 0.15) is 6.54 Å². The van der Waals surface area contributed by atoms with Crippen molar-refractivity contribution >= 4 is 34.3 Å². The van der Waals surface area contributed by atoms with E-state index in [4.69, 9.17) is 5.73 Å². The Morgan fingerprint density at radius 2 is 2.08 bits per heavy atom. The molecule has 25 heavy (non-hydrogen) atoms. The van der Waals surface area contributed by atoms with Crippen LogP contribution in [0.25, 0.3) is 10.9 Å². The van der Waals surface area contributed by atoms with Crippen molar-refractivity contribution in [2.24, 2.45) is 0 Å². The number of anilines is 2. The number of aryl methyl sites for hydroxylation is 1. The van der Waals surface area contributed by atoms with Crippen LogP contribution < -0.4 is 11.1 Å². The number of fused-ring (bicyclic) bond motifs is 1. The second-order valence-corrected chi connectivity index (χ2v) is 5.93. The van der Waals surface area contributed by atoms with Crippen LogP contribution in [0.2, 0.25) is 0 Å². The largest absolute Gasteiger partial charge is 0.397 e. The Kier molecular flexibility index (Phi) is 4.14. The predicted octanol–water partition coefficient (Wildman–Crippen LogP) is 1.56. The molecule has 0 radical (unpaired) electrons. The van der Waals surface area contributed by atoms with E-state index in [0.717, 1.165) is 11.1 Å². The Morgan fingerprint density at radius 3 is 2.80 bits per heavy atom. The van der Waals surface area contributed by atoms with Gasteiger partial charge in [0, 0.05) is 25.2 Å². The SMILES string of the molecule is Cc1cc2cccc(N)c2n1C(=O)Cn1cc(NC(=O)N(C)C)nn1. The third-order valence-corrected chi connectivity index (χ3v) is 3.77. The van der Waals surface area contributed by atoms with Crippen LogP contribution in [0.4, 0.5) is 16.3 Å². The zero-order chi connectivity index (χ0) is 18.1. The van der Waals surface area contributed by atoms with Gasteiger partial charge < -0.3 is 10.6 Å². The maximum absolute atomic E-state index is 12.7. The van der Waals surface area contributed by atoms with Crippen molar-refractivity contribution in [1.82, 2.24) is 24.5 Å². The molecule has 2 amide bonds. The van der Waals surface area contributed by atoms with Crippen LogP contribution >= 0.6 is 0 Å². The normalized spacial score (nSPS) is 10.8. The number of nitrogens with two attached hydrogens (primary N) is 1. The van der Waals surface area contributed by atoms with Gasteiger partial charge in [-0.3, -0.25) is 14.7 Å². The van der Waals surface area contributed by atoms with Gasteiger partial charge in [0.15, 0.2) is 5.82 Å². The summed E-state index contributed by atoms with van der Waals surface area (Å²) in [6.07, 6.45) is 1.50. The summed E-state index contributed by atoms with van der Waals surface area (Å²) in [5.41, 5.74) is 8.04. The van der Waals surface area contributed by atoms with Gasteiger partial charge in [0.05, 0.1) is 17.4 Å². The Hall–Kier alpha value is -3.36. The summed E-state index contributed by atoms with van der Waals surface area (Å²) in [6.45, 7) is 1.82. The highest BCUT2D eigenvalue weighted by Gasteiger charge is 2.16. The van der Waals surface area contributed by atoms with E-state index < -0.39 is 0 Å². The van der Waals surface area contributed by atoms with Crippen molar-refractivity contribution in [3.63, 3.8) is 0 Å². The first-order valence-corrected chi connectivity index (χ1v) is 7.65. The van der Waals surface area contributed by atoms with Gasteiger partial charge in [-0.05, 0) is 19.1 Å². The molecular weight excluding hydrogens is 322 g/mol. The number of urea groups is 1. The van der Waals surface area contributed by atoms with Gasteiger partial charge >= 0.3 is 6.03 Å². The van der Waals surface area contributed by atoms with E-state index in [1.807, 2.05) is 25.1 Å². The highest BCUT2D eigenvalue weighted by Crippen LogP contribution is 2.25. The molecule has 0 saturated heterocycles. The minimum atomic E-state index is -0.321. The molecule has 0 saturated carbocycles. The van der Waals surface area contributed by atoms with E-state index in [0.29, 0.717) is 11.2 Å². The number of aromatic nitrogens is 4. The lowest BCUT2D eigenvalue weighted by atomic mass is 10.2. The van der Waals surface area contributed by atoms with Gasteiger partial charge in [-0.1, -0.05) is 17.3 Å². The topological polar surface area (TPSA) is 111 Å². The van der Waals surface area contributed by atoms with Crippen LogP contribution in [0.3, 0.4) is 0 Å². The van der Waals surface area contributed by atoms with Gasteiger partial charge in [0.2, 0.25) is 0 Å². The molecule has 2 aromatic heterocycles. The standard InChI is InChI=1S/C16H19N7O2/c1-10-7-11-5-4-6-12(17)15(11)23(10)14(24)9-22-8-13(19-20-22)18-16(25)21(2)3/h4-8H,9,17H2,1-3H3,(H,18,25). The second-order valence-electron chi connectivity index (χ2n) is 5.93. The lowest BCUT2D eigenvalue weighted by Gasteiger charge is -2.09. The highest BCUT2D eigenvalue weighted by atomic mass is 16.2. The number of para-hydroxylation sites is 1. The van der Waals surface area contributed by atoms with Crippen LogP contribution in [-0.4, -0.2) is 50.5 Å². The van der Waals surface area contributed by atoms with E-state index in [-0.39, 0.29) is 24.3 Å². The fourth-order valence-corrected chi connectivity index (χ4v) is 2.61. The van der Waals surface area contributed by atoms with Gasteiger partial charge in [0.25, 0.3) is 5.91 Å². The van der Waals surface area contributed by atoms with Crippen molar-refractivity contribution in [2.75, 3.05) is 25.1 Å². The van der Waals surface area contributed by atoms with E-state index in [2.05, 4.69) is 15.6 Å². The maximum atomic E-state index is 12.7. The molecule has 3 N–H and O–H groups in total. The number of hydrogen-bond acceptors (Lipinski definition) is 5. The first-order valence-electron chi connectivity index (χ1n) is 7.65. The molecule has 3 aromatic rings. The molecule has 9 nitrogen and oxygen atoms in total. The molecule has 0 fully saturated rings. The van der Waals surface area contributed by atoms with Crippen molar-refractivity contribution < 1.29 is 9.59 Å². The van der Waals surface area contributed by atoms with Crippen LogP contribution in [0.1, 0.15) is 10.5 Å². The average Bonchev–Trinajstić information content (AvgIpc) is 3.11. The number of amides is 2. The Bertz CT molecular complexity index is 955. The molecule has 0 spiro atoms. The van der Waals surface area contributed by atoms with Crippen LogP contribution in [-0.2, 0) is 6.54 Å². The third kappa shape index (κ3) is 3.16. The molecule has 9 heteroatoms. The smallest absolute Gasteiger partial charge is 0.322 e. The Balaban J connectivity index is 1.83. The minimum absolute atomic E-state index is 0.0240. The summed E-state index contributed by atoms with van der Waals surface area (Å²) in [5, 5.41) is 11.2. The molecular formula is C16H19N7O2. The van der Waals surface area contributed by atoms with Gasteiger partial charge in [-0.2, -0.15) is 0 Å². The summed E-state index contributed by atoms with van der Waals surface area (Å²) in [5.74, 6) is 0.0842. The minimum Gasteiger partial charge on any atom is -0.397 e. The molecule has 2 heterocycles. The number of benzene rings is 1. The van der Waals surface area contributed by atoms with E-state index >= 15 is 0 Å². The summed E-state index contributed by atoms with van der Waals surface area (Å²) < 4.78 is 2.95. The van der Waals surface area contributed by atoms with Crippen molar-refractivity contribution in [2.45, 2.75) is 13.5 Å². The van der Waals surface area contributed by atoms with E-state index in [1.54, 1.807) is 24.7 Å². The van der Waals surface area contributed by atoms with E-state index in [9.17, 15) is 9.59 Å². The first kappa shape index (κ1) is 16.5. The molecule has 0 aliphatic rings. The molecule has 3 rings (SSSR count). The second kappa shape index (κ2) is 6.27. The zero-order valence-corrected chi connectivity index (χ0v) is 14.2. The number of carbonyl (C=O) groups excluding carboxylic acids is 2. The molecule has 1 aromatic carbocycles. The fourth-order valence-electron chi connectivity index (χ4n) is 2.61. The summed E-state index contributed by atoms with van der Waals surface area (Å²) in [4.78, 5) is 25.7. The van der Waals surface area contributed by atoms with Crippen molar-refractivity contribution in [3.05, 3.63) is 36.2 Å². The van der Waals surface area contributed by atoms with E-state index in [1.165, 1.54) is 15.8 Å². The van der Waals surface area contributed by atoms with Crippen molar-refractivity contribution in [1.29, 1.82) is 0 Å². The van der Waals surface area contributed by atoms with Crippen LogP contribution in [0.15, 0.2) is 30.5 Å². The number of nitrogens with zero attached hydrogens (tertiary/aromatic N) is 5. The molecule has 0 aliphatic carbocycles. The lowest BCUT2D eigenvalue weighted by Crippen LogP contribution is -2.27. The maximum Gasteiger partial charge on any atom is 0.322 e. The summed E-state index contributed by atoms with van der Waals surface area (Å²) in [6, 6.07) is 7.11. The molecule has 0 unspecified atom stereocenters. The van der Waals surface area contributed by atoms with Gasteiger partial charge in [-0.15, -0.1) is 5.10 Å². The molecule has 0 bridgehead atoms. The quantitative estimate of drug-likeness (QED) is 0.702. The predicted molar refractivity (Wildman–Crippen MR) is 94.4 cm³/mol. The van der Waals surface area contributed by atoms with Crippen LogP contribution in [0.5, 0.6) is 0 Å². The fraction of sp³-hybridized carbons (Fsp3) is 0.250. The van der Waals surface area contributed by atoms with Crippen molar-refractivity contribution in [3.8, 4) is 0 Å². The number of nitrogens with one attached hydrogen (secondary N) is 1. The number of nitrogen functional groups attached to an aromatic ring is 1. The Labute approximate surface area is 144 Å². The first-order chi connectivity index (χ1) is 11.9. The number of hydrogen-bond donors (Lipinski definition) is 2. The van der Waals surface area contributed by atoms with Gasteiger partial charge in [-0.25, -0.2) is 9.48 Å². The highest BCUT2D eigenvalue weighted by molar-refractivity contribution is 5.99. The lowest BCUT2D eigenvalue weighted by molar-refractivity contribution is 0.0889. The number of rotatable bonds is 3. The number of carbonyl (C=O) groups is 2. The Morgan fingerprint density at radius 1 is 1.32 bits per heavy atom. The average molecular weight is 341 g/mol. The zero-order valence-electron chi connectivity index (χ0n) is 14.2. The summed E-state index contributed by atoms with van der Waals surface area (Å²) >= 11 is 0.